The van der Waals surface area contributed by atoms with Gasteiger partial charge in [-0.3, -0.25) is 9.52 Å². The predicted molar refractivity (Wildman–Crippen MR) is 113 cm³/mol. The third kappa shape index (κ3) is 3.59. The zero-order valence-electron chi connectivity index (χ0n) is 16.9. The van der Waals surface area contributed by atoms with E-state index in [1.807, 2.05) is 24.8 Å². The van der Waals surface area contributed by atoms with Gasteiger partial charge < -0.3 is 9.64 Å². The highest BCUT2D eigenvalue weighted by molar-refractivity contribution is 7.92. The Bertz CT molecular complexity index is 1060. The Labute approximate surface area is 171 Å². The molecule has 1 N–H and O–H groups in total. The van der Waals surface area contributed by atoms with E-state index in [1.54, 1.807) is 30.3 Å². The van der Waals surface area contributed by atoms with E-state index in [4.69, 9.17) is 4.74 Å². The molecule has 1 unspecified atom stereocenters. The summed E-state index contributed by atoms with van der Waals surface area (Å²) in [5.41, 5.74) is 3.06. The number of carbonyl (C=O) groups is 1. The monoisotopic (exact) mass is 414 g/mol. The fraction of sp³-hybridized carbons (Fsp3) is 0.409. The number of hydrogen-bond donors (Lipinski definition) is 1. The van der Waals surface area contributed by atoms with Crippen molar-refractivity contribution in [2.75, 3.05) is 16.7 Å². The Morgan fingerprint density at radius 1 is 1.17 bits per heavy atom. The number of benzene rings is 2. The lowest BCUT2D eigenvalue weighted by Gasteiger charge is -2.32. The van der Waals surface area contributed by atoms with Crippen molar-refractivity contribution < 1.29 is 17.9 Å². The average molecular weight is 415 g/mol. The number of methoxy groups -OCH3 is 1. The molecule has 0 bridgehead atoms. The molecule has 1 heterocycles. The Hall–Kier alpha value is -2.54. The third-order valence-corrected chi connectivity index (χ3v) is 7.23. The lowest BCUT2D eigenvalue weighted by atomic mass is 9.84. The standard InChI is InChI=1S/C22H26N2O4S/c1-14-7-10-21(28-3)19(11-14)23-29(26,27)18-8-9-20-17(13-18)12-15(2)24(20)22(25)16-5-4-6-16/h7-11,13,15-16,23H,4-6,12H2,1-3H3. The van der Waals surface area contributed by atoms with Crippen molar-refractivity contribution in [3.05, 3.63) is 47.5 Å². The zero-order valence-corrected chi connectivity index (χ0v) is 17.8. The van der Waals surface area contributed by atoms with Gasteiger partial charge in [0.2, 0.25) is 5.91 Å². The van der Waals surface area contributed by atoms with Crippen LogP contribution in [0.5, 0.6) is 5.75 Å². The number of rotatable bonds is 5. The summed E-state index contributed by atoms with van der Waals surface area (Å²) < 4.78 is 33.9. The van der Waals surface area contributed by atoms with Crippen LogP contribution in [0.3, 0.4) is 0 Å². The number of hydrogen-bond acceptors (Lipinski definition) is 4. The maximum absolute atomic E-state index is 13.0. The lowest BCUT2D eigenvalue weighted by Crippen LogP contribution is -2.42. The molecule has 1 fully saturated rings. The molecular formula is C22H26N2O4S. The van der Waals surface area contributed by atoms with E-state index in [2.05, 4.69) is 4.72 Å². The first-order valence-electron chi connectivity index (χ1n) is 9.93. The van der Waals surface area contributed by atoms with Crippen LogP contribution >= 0.6 is 0 Å². The second kappa shape index (κ2) is 7.37. The first kappa shape index (κ1) is 19.8. The Morgan fingerprint density at radius 2 is 1.93 bits per heavy atom. The smallest absolute Gasteiger partial charge is 0.262 e. The molecule has 1 amide bonds. The number of anilines is 2. The number of nitrogens with one attached hydrogen (secondary N) is 1. The molecule has 1 aliphatic heterocycles. The van der Waals surface area contributed by atoms with Gasteiger partial charge in [-0.25, -0.2) is 8.42 Å². The normalized spacial score (nSPS) is 18.9. The first-order chi connectivity index (χ1) is 13.8. The van der Waals surface area contributed by atoms with Crippen LogP contribution in [0.4, 0.5) is 11.4 Å². The van der Waals surface area contributed by atoms with Gasteiger partial charge in [0.25, 0.3) is 10.0 Å². The van der Waals surface area contributed by atoms with Crippen molar-refractivity contribution in [2.45, 2.75) is 50.5 Å². The fourth-order valence-corrected chi connectivity index (χ4v) is 5.18. The van der Waals surface area contributed by atoms with Crippen molar-refractivity contribution in [1.82, 2.24) is 0 Å². The van der Waals surface area contributed by atoms with Crippen molar-refractivity contribution in [3.8, 4) is 5.75 Å². The molecule has 4 rings (SSSR count). The molecule has 1 atom stereocenters. The van der Waals surface area contributed by atoms with Crippen LogP contribution in [0.15, 0.2) is 41.3 Å². The van der Waals surface area contributed by atoms with Gasteiger partial charge in [-0.05, 0) is 74.6 Å². The number of fused-ring (bicyclic) bond motifs is 1. The van der Waals surface area contributed by atoms with Gasteiger partial charge in [0.05, 0.1) is 17.7 Å². The van der Waals surface area contributed by atoms with Gasteiger partial charge in [0.1, 0.15) is 5.75 Å². The van der Waals surface area contributed by atoms with E-state index in [1.165, 1.54) is 7.11 Å². The molecule has 1 saturated carbocycles. The van der Waals surface area contributed by atoms with E-state index >= 15 is 0 Å². The fourth-order valence-electron chi connectivity index (χ4n) is 4.07. The molecule has 6 nitrogen and oxygen atoms in total. The van der Waals surface area contributed by atoms with Crippen LogP contribution in [0.25, 0.3) is 0 Å². The minimum absolute atomic E-state index is 0.0425. The molecule has 2 aliphatic rings. The SMILES string of the molecule is COc1ccc(C)cc1NS(=O)(=O)c1ccc2c(c1)CC(C)N2C(=O)C1CCC1. The van der Waals surface area contributed by atoms with Gasteiger partial charge in [-0.1, -0.05) is 12.5 Å². The van der Waals surface area contributed by atoms with Crippen LogP contribution in [-0.4, -0.2) is 27.5 Å². The van der Waals surface area contributed by atoms with E-state index in [0.29, 0.717) is 17.9 Å². The lowest BCUT2D eigenvalue weighted by molar-refractivity contribution is -0.125. The number of nitrogens with zero attached hydrogens (tertiary/aromatic N) is 1. The predicted octanol–water partition coefficient (Wildman–Crippen LogP) is 3.88. The van der Waals surface area contributed by atoms with E-state index < -0.39 is 10.0 Å². The van der Waals surface area contributed by atoms with E-state index in [-0.39, 0.29) is 22.8 Å². The molecule has 0 radical (unpaired) electrons. The Morgan fingerprint density at radius 3 is 2.59 bits per heavy atom. The molecule has 0 aromatic heterocycles. The maximum atomic E-state index is 13.0. The topological polar surface area (TPSA) is 75.7 Å². The van der Waals surface area contributed by atoms with Crippen LogP contribution < -0.4 is 14.4 Å². The highest BCUT2D eigenvalue weighted by Crippen LogP contribution is 2.38. The summed E-state index contributed by atoms with van der Waals surface area (Å²) >= 11 is 0. The van der Waals surface area contributed by atoms with Gasteiger partial charge in [0.15, 0.2) is 0 Å². The van der Waals surface area contributed by atoms with Crippen molar-refractivity contribution in [1.29, 1.82) is 0 Å². The number of amides is 1. The largest absolute Gasteiger partial charge is 0.495 e. The Kier molecular flexibility index (Phi) is 5.02. The number of sulfonamides is 1. The van der Waals surface area contributed by atoms with E-state index in [9.17, 15) is 13.2 Å². The maximum Gasteiger partial charge on any atom is 0.262 e. The summed E-state index contributed by atoms with van der Waals surface area (Å²) in [5, 5.41) is 0. The van der Waals surface area contributed by atoms with Crippen molar-refractivity contribution >= 4 is 27.3 Å². The second-order valence-electron chi connectivity index (χ2n) is 7.99. The summed E-state index contributed by atoms with van der Waals surface area (Å²) in [6.45, 7) is 3.91. The highest BCUT2D eigenvalue weighted by atomic mass is 32.2. The van der Waals surface area contributed by atoms with Crippen LogP contribution in [0, 0.1) is 12.8 Å². The van der Waals surface area contributed by atoms with Gasteiger partial charge in [0, 0.05) is 17.6 Å². The number of aryl methyl sites for hydroxylation is 1. The van der Waals surface area contributed by atoms with Gasteiger partial charge in [-0.15, -0.1) is 0 Å². The summed E-state index contributed by atoms with van der Waals surface area (Å²) in [6.07, 6.45) is 3.67. The second-order valence-corrected chi connectivity index (χ2v) is 9.67. The van der Waals surface area contributed by atoms with Gasteiger partial charge >= 0.3 is 0 Å². The van der Waals surface area contributed by atoms with Crippen molar-refractivity contribution in [2.24, 2.45) is 5.92 Å². The molecule has 29 heavy (non-hydrogen) atoms. The molecular weight excluding hydrogens is 388 g/mol. The summed E-state index contributed by atoms with van der Waals surface area (Å²) in [7, 11) is -2.28. The molecule has 154 valence electrons. The third-order valence-electron chi connectivity index (χ3n) is 5.87. The minimum Gasteiger partial charge on any atom is -0.495 e. The Balaban J connectivity index is 1.63. The summed E-state index contributed by atoms with van der Waals surface area (Å²) in [5.74, 6) is 0.745. The minimum atomic E-state index is -3.78. The van der Waals surface area contributed by atoms with Crippen molar-refractivity contribution in [3.63, 3.8) is 0 Å². The number of ether oxygens (including phenoxy) is 1. The molecule has 1 aliphatic carbocycles. The molecule has 0 spiro atoms. The number of carbonyl (C=O) groups excluding carboxylic acids is 1. The van der Waals surface area contributed by atoms with Crippen LogP contribution in [0.2, 0.25) is 0 Å². The zero-order chi connectivity index (χ0) is 20.8. The first-order valence-corrected chi connectivity index (χ1v) is 11.4. The highest BCUT2D eigenvalue weighted by Gasteiger charge is 2.37. The quantitative estimate of drug-likeness (QED) is 0.806. The molecule has 2 aromatic rings. The molecule has 0 saturated heterocycles. The molecule has 7 heteroatoms. The van der Waals surface area contributed by atoms with Gasteiger partial charge in [-0.2, -0.15) is 0 Å². The van der Waals surface area contributed by atoms with Crippen LogP contribution in [-0.2, 0) is 21.2 Å². The summed E-state index contributed by atoms with van der Waals surface area (Å²) in [6, 6.07) is 10.4. The molecule has 2 aromatic carbocycles. The summed E-state index contributed by atoms with van der Waals surface area (Å²) in [4.78, 5) is 14.8. The van der Waals surface area contributed by atoms with E-state index in [0.717, 1.165) is 36.1 Å². The average Bonchev–Trinajstić information content (AvgIpc) is 2.95. The van der Waals surface area contributed by atoms with Crippen LogP contribution in [0.1, 0.15) is 37.3 Å².